The third-order valence-electron chi connectivity index (χ3n) is 2.43. The Balaban J connectivity index is 0.000000212. The Morgan fingerprint density at radius 1 is 0.688 bits per heavy atom. The number of benzene rings is 2. The van der Waals surface area contributed by atoms with Crippen molar-refractivity contribution in [3.05, 3.63) is 48.5 Å². The first kappa shape index (κ1) is 11.0. The molecule has 1 aliphatic carbocycles. The molecule has 0 amide bonds. The van der Waals surface area contributed by atoms with Crippen LogP contribution in [0.4, 0.5) is 0 Å². The van der Waals surface area contributed by atoms with Gasteiger partial charge in [-0.3, -0.25) is 4.21 Å². The molecule has 0 aromatic heterocycles. The summed E-state index contributed by atoms with van der Waals surface area (Å²) in [7, 11) is 0. The lowest BCUT2D eigenvalue weighted by atomic mass is 9.81. The highest BCUT2D eigenvalue weighted by Crippen LogP contribution is 2.46. The molecule has 3 rings (SSSR count). The highest BCUT2D eigenvalue weighted by molar-refractivity contribution is 7.72. The molecule has 0 fully saturated rings. The summed E-state index contributed by atoms with van der Waals surface area (Å²) >= 11 is -3.11. The van der Waals surface area contributed by atoms with Crippen molar-refractivity contribution in [1.82, 2.24) is 0 Å². The van der Waals surface area contributed by atoms with E-state index in [4.69, 9.17) is 13.3 Å². The van der Waals surface area contributed by atoms with Crippen molar-refractivity contribution in [1.29, 1.82) is 0 Å². The Morgan fingerprint density at radius 2 is 0.875 bits per heavy atom. The standard InChI is InChI=1S/C12H8.H2O3S/c1-2-6-10-9(5-1)11-7-3-4-8-12(10)11;1-4(2)3/h1-8H;(H2,1,2,3)/p-2. The smallest absolute Gasteiger partial charge is 0.00990 e. The van der Waals surface area contributed by atoms with Crippen LogP contribution in [0.2, 0.25) is 0 Å². The fourth-order valence-electron chi connectivity index (χ4n) is 1.84. The molecule has 0 aliphatic heterocycles. The maximum atomic E-state index is 8.44. The zero-order valence-corrected chi connectivity index (χ0v) is 9.07. The molecular weight excluding hydrogens is 224 g/mol. The van der Waals surface area contributed by atoms with Crippen LogP contribution in [0.25, 0.3) is 22.3 Å². The monoisotopic (exact) mass is 232 g/mol. The molecule has 0 heterocycles. The molecule has 0 unspecified atom stereocenters. The first-order valence-corrected chi connectivity index (χ1v) is 5.65. The predicted molar refractivity (Wildman–Crippen MR) is 60.6 cm³/mol. The predicted octanol–water partition coefficient (Wildman–Crippen LogP) is 2.33. The lowest BCUT2D eigenvalue weighted by Crippen LogP contribution is -1.96. The summed E-state index contributed by atoms with van der Waals surface area (Å²) in [6.45, 7) is 0. The first-order chi connectivity index (χ1) is 7.70. The van der Waals surface area contributed by atoms with Gasteiger partial charge in [0, 0.05) is 0 Å². The quantitative estimate of drug-likeness (QED) is 0.559. The van der Waals surface area contributed by atoms with Crippen LogP contribution in [0.1, 0.15) is 0 Å². The molecule has 0 bridgehead atoms. The van der Waals surface area contributed by atoms with Gasteiger partial charge in [-0.1, -0.05) is 48.5 Å². The summed E-state index contributed by atoms with van der Waals surface area (Å²) in [5.74, 6) is 0. The Kier molecular flexibility index (Phi) is 3.14. The van der Waals surface area contributed by atoms with Gasteiger partial charge in [0.15, 0.2) is 0 Å². The van der Waals surface area contributed by atoms with Crippen LogP contribution in [0, 0.1) is 0 Å². The molecule has 0 atom stereocenters. The maximum Gasteiger partial charge on any atom is -0.00990 e. The molecule has 2 aromatic carbocycles. The highest BCUT2D eigenvalue weighted by Gasteiger charge is 2.19. The van der Waals surface area contributed by atoms with Gasteiger partial charge in [-0.25, -0.2) is 0 Å². The summed E-state index contributed by atoms with van der Waals surface area (Å²) in [6, 6.07) is 17.1. The minimum atomic E-state index is -3.11. The van der Waals surface area contributed by atoms with Crippen molar-refractivity contribution >= 4 is 11.4 Å². The van der Waals surface area contributed by atoms with Gasteiger partial charge in [0.2, 0.25) is 0 Å². The maximum absolute atomic E-state index is 8.44. The molecule has 4 heteroatoms. The van der Waals surface area contributed by atoms with Crippen molar-refractivity contribution in [2.24, 2.45) is 0 Å². The van der Waals surface area contributed by atoms with Crippen LogP contribution in [0.3, 0.4) is 0 Å². The van der Waals surface area contributed by atoms with E-state index < -0.39 is 11.4 Å². The molecule has 0 radical (unpaired) electrons. The van der Waals surface area contributed by atoms with Crippen LogP contribution in [0.15, 0.2) is 48.5 Å². The van der Waals surface area contributed by atoms with E-state index in [2.05, 4.69) is 48.5 Å². The largest absolute Gasteiger partial charge is 0.784 e. The average molecular weight is 232 g/mol. The van der Waals surface area contributed by atoms with Gasteiger partial charge in [-0.15, -0.1) is 11.4 Å². The van der Waals surface area contributed by atoms with Gasteiger partial charge in [0.25, 0.3) is 0 Å². The summed E-state index contributed by atoms with van der Waals surface area (Å²) in [6.07, 6.45) is 0. The van der Waals surface area contributed by atoms with Gasteiger partial charge in [-0.2, -0.15) is 0 Å². The summed E-state index contributed by atoms with van der Waals surface area (Å²) in [5, 5.41) is 0. The minimum absolute atomic E-state index is 1.40. The summed E-state index contributed by atoms with van der Waals surface area (Å²) in [5.41, 5.74) is 5.59. The van der Waals surface area contributed by atoms with Crippen molar-refractivity contribution in [3.8, 4) is 22.3 Å². The molecule has 2 aromatic rings. The Bertz CT molecular complexity index is 433. The minimum Gasteiger partial charge on any atom is -0.784 e. The molecular formula is C12H8O3S-2. The van der Waals surface area contributed by atoms with Crippen LogP contribution in [-0.2, 0) is 11.4 Å². The number of hydrogen-bond donors (Lipinski definition) is 0. The van der Waals surface area contributed by atoms with E-state index in [1.165, 1.54) is 22.3 Å². The van der Waals surface area contributed by atoms with Crippen molar-refractivity contribution < 1.29 is 13.3 Å². The van der Waals surface area contributed by atoms with Crippen molar-refractivity contribution in [2.45, 2.75) is 0 Å². The molecule has 0 N–H and O–H groups in total. The Labute approximate surface area is 95.9 Å². The summed E-state index contributed by atoms with van der Waals surface area (Å²) < 4.78 is 25.3. The zero-order chi connectivity index (χ0) is 11.5. The van der Waals surface area contributed by atoms with Crippen LogP contribution in [0.5, 0.6) is 0 Å². The van der Waals surface area contributed by atoms with Gasteiger partial charge in [0.1, 0.15) is 0 Å². The van der Waals surface area contributed by atoms with E-state index in [-0.39, 0.29) is 0 Å². The first-order valence-electron chi connectivity index (χ1n) is 4.65. The van der Waals surface area contributed by atoms with E-state index in [1.54, 1.807) is 0 Å². The molecule has 82 valence electrons. The Hall–Kier alpha value is -1.49. The second-order valence-electron chi connectivity index (χ2n) is 3.30. The van der Waals surface area contributed by atoms with Gasteiger partial charge in [-0.05, 0) is 22.3 Å². The van der Waals surface area contributed by atoms with E-state index in [0.29, 0.717) is 0 Å². The van der Waals surface area contributed by atoms with Crippen LogP contribution < -0.4 is 0 Å². The SMILES string of the molecule is O=S([O-])[O-].c1ccc2c(c1)-c1ccccc1-2. The topological polar surface area (TPSA) is 63.2 Å². The summed E-state index contributed by atoms with van der Waals surface area (Å²) in [4.78, 5) is 0. The lowest BCUT2D eigenvalue weighted by Gasteiger charge is -2.22. The highest BCUT2D eigenvalue weighted by atomic mass is 32.2. The second kappa shape index (κ2) is 4.57. The van der Waals surface area contributed by atoms with E-state index in [1.807, 2.05) is 0 Å². The van der Waals surface area contributed by atoms with Crippen LogP contribution in [-0.4, -0.2) is 13.3 Å². The number of fused-ring (bicyclic) bond motifs is 4. The molecule has 3 nitrogen and oxygen atoms in total. The number of hydrogen-bond acceptors (Lipinski definition) is 3. The van der Waals surface area contributed by atoms with Gasteiger partial charge < -0.3 is 9.11 Å². The molecule has 16 heavy (non-hydrogen) atoms. The molecule has 0 saturated heterocycles. The molecule has 0 spiro atoms. The normalized spacial score (nSPS) is 10.7. The lowest BCUT2D eigenvalue weighted by molar-refractivity contribution is 0.419. The fraction of sp³-hybridized carbons (Fsp3) is 0. The average Bonchev–Trinajstić information content (AvgIpc) is 2.25. The third-order valence-corrected chi connectivity index (χ3v) is 2.43. The van der Waals surface area contributed by atoms with Crippen molar-refractivity contribution in [2.75, 3.05) is 0 Å². The molecule has 1 aliphatic rings. The Morgan fingerprint density at radius 3 is 1.06 bits per heavy atom. The van der Waals surface area contributed by atoms with E-state index >= 15 is 0 Å². The second-order valence-corrected chi connectivity index (χ2v) is 3.70. The van der Waals surface area contributed by atoms with Gasteiger partial charge in [0.05, 0.1) is 0 Å². The van der Waals surface area contributed by atoms with E-state index in [0.717, 1.165) is 0 Å². The van der Waals surface area contributed by atoms with Gasteiger partial charge >= 0.3 is 0 Å². The zero-order valence-electron chi connectivity index (χ0n) is 8.25. The fourth-order valence-corrected chi connectivity index (χ4v) is 1.84. The van der Waals surface area contributed by atoms with Crippen LogP contribution >= 0.6 is 0 Å². The number of rotatable bonds is 0. The van der Waals surface area contributed by atoms with Crippen molar-refractivity contribution in [3.63, 3.8) is 0 Å². The third kappa shape index (κ3) is 2.04. The molecule has 0 saturated carbocycles. The van der Waals surface area contributed by atoms with E-state index in [9.17, 15) is 0 Å².